The van der Waals surface area contributed by atoms with Crippen molar-refractivity contribution in [2.45, 2.75) is 32.6 Å². The van der Waals surface area contributed by atoms with E-state index in [1.165, 1.54) is 93.8 Å². The van der Waals surface area contributed by atoms with Gasteiger partial charge in [-0.25, -0.2) is 0 Å². The summed E-state index contributed by atoms with van der Waals surface area (Å²) in [6.45, 7) is 6.93. The minimum atomic E-state index is -0.124. The molecule has 0 spiro atoms. The number of aromatic nitrogens is 2. The van der Waals surface area contributed by atoms with Gasteiger partial charge in [-0.3, -0.25) is 0 Å². The third-order valence-corrected chi connectivity index (χ3v) is 11.3. The van der Waals surface area contributed by atoms with E-state index in [0.717, 1.165) is 6.42 Å². The minimum absolute atomic E-state index is 0.124. The van der Waals surface area contributed by atoms with Crippen LogP contribution in [0.15, 0.2) is 164 Å². The van der Waals surface area contributed by atoms with Gasteiger partial charge >= 0.3 is 0 Å². The number of hydrogen-bond donors (Lipinski definition) is 0. The number of hydrogen-bond acceptors (Lipinski definition) is 0. The van der Waals surface area contributed by atoms with Gasteiger partial charge in [0.2, 0.25) is 0 Å². The van der Waals surface area contributed by atoms with Gasteiger partial charge in [-0.2, -0.15) is 0 Å². The standard InChI is InChI=1S/C42H30N2.C7H8/c1-42(2)35-25-27(26-21-22-38-33(23-26)31-14-8-9-16-36(31)43(38)29-11-4-3-5-12-29)19-20-28(35)24-34-40(42)39-18-10-17-37-30-13-6-7-15-32(30)41(34)44(37)39;1-7-5-3-2-4-6-7/h3-23,25H,24H2,1-2H3;2-6H,1H3. The Bertz CT molecular complexity index is 2900. The molecule has 0 atom stereocenters. The van der Waals surface area contributed by atoms with E-state index >= 15 is 0 Å². The Morgan fingerprint density at radius 2 is 1.08 bits per heavy atom. The van der Waals surface area contributed by atoms with Gasteiger partial charge in [-0.1, -0.05) is 135 Å². The molecular formula is C49H38N2. The van der Waals surface area contributed by atoms with Crippen LogP contribution < -0.4 is 0 Å². The monoisotopic (exact) mass is 654 g/mol. The van der Waals surface area contributed by atoms with Crippen molar-refractivity contribution in [3.8, 4) is 16.8 Å². The van der Waals surface area contributed by atoms with Gasteiger partial charge in [0.15, 0.2) is 0 Å². The van der Waals surface area contributed by atoms with Crippen LogP contribution in [0.25, 0.3) is 65.9 Å². The summed E-state index contributed by atoms with van der Waals surface area (Å²) in [5.74, 6) is 0. The second-order valence-corrected chi connectivity index (χ2v) is 14.6. The zero-order valence-electron chi connectivity index (χ0n) is 29.2. The summed E-state index contributed by atoms with van der Waals surface area (Å²) in [7, 11) is 0. The van der Waals surface area contributed by atoms with E-state index in [2.05, 4.69) is 175 Å². The molecule has 2 nitrogen and oxygen atoms in total. The van der Waals surface area contributed by atoms with Crippen molar-refractivity contribution in [3.63, 3.8) is 0 Å². The van der Waals surface area contributed by atoms with Crippen molar-refractivity contribution >= 4 is 49.1 Å². The summed E-state index contributed by atoms with van der Waals surface area (Å²) in [4.78, 5) is 0. The lowest BCUT2D eigenvalue weighted by atomic mass is 9.68. The number of aryl methyl sites for hydroxylation is 1. The molecule has 1 aliphatic rings. The van der Waals surface area contributed by atoms with Crippen LogP contribution in [0.2, 0.25) is 0 Å². The van der Waals surface area contributed by atoms with Gasteiger partial charge in [0.05, 0.1) is 27.6 Å². The minimum Gasteiger partial charge on any atom is -0.309 e. The first kappa shape index (κ1) is 29.8. The van der Waals surface area contributed by atoms with Crippen LogP contribution >= 0.6 is 0 Å². The summed E-state index contributed by atoms with van der Waals surface area (Å²) >= 11 is 0. The summed E-state index contributed by atoms with van der Waals surface area (Å²) in [6.07, 6.45) is 0.961. The molecule has 0 saturated carbocycles. The lowest BCUT2D eigenvalue weighted by molar-refractivity contribution is 0.620. The molecule has 0 fully saturated rings. The molecule has 51 heavy (non-hydrogen) atoms. The van der Waals surface area contributed by atoms with Gasteiger partial charge in [0.25, 0.3) is 0 Å². The van der Waals surface area contributed by atoms with Crippen LogP contribution in [0.4, 0.5) is 0 Å². The van der Waals surface area contributed by atoms with Crippen molar-refractivity contribution < 1.29 is 0 Å². The first-order chi connectivity index (χ1) is 25.0. The first-order valence-electron chi connectivity index (χ1n) is 18.0. The Morgan fingerprint density at radius 3 is 1.82 bits per heavy atom. The predicted molar refractivity (Wildman–Crippen MR) is 216 cm³/mol. The zero-order chi connectivity index (χ0) is 34.3. The molecule has 4 aromatic heterocycles. The van der Waals surface area contributed by atoms with Crippen molar-refractivity contribution in [3.05, 3.63) is 192 Å². The van der Waals surface area contributed by atoms with Gasteiger partial charge in [-0.05, 0) is 88.8 Å². The van der Waals surface area contributed by atoms with Crippen molar-refractivity contribution in [1.29, 1.82) is 0 Å². The van der Waals surface area contributed by atoms with E-state index in [0.29, 0.717) is 0 Å². The van der Waals surface area contributed by atoms with Crippen LogP contribution in [0, 0.1) is 6.92 Å². The molecule has 0 bridgehead atoms. The third kappa shape index (κ3) is 4.43. The normalized spacial score (nSPS) is 13.5. The van der Waals surface area contributed by atoms with E-state index in [9.17, 15) is 0 Å². The maximum Gasteiger partial charge on any atom is 0.0580 e. The molecule has 1 aliphatic carbocycles. The molecular weight excluding hydrogens is 617 g/mol. The molecule has 0 aliphatic heterocycles. The molecule has 2 heteroatoms. The molecule has 6 aromatic carbocycles. The van der Waals surface area contributed by atoms with E-state index in [4.69, 9.17) is 0 Å². The second kappa shape index (κ2) is 11.2. The number of benzene rings is 6. The fourth-order valence-electron chi connectivity index (χ4n) is 8.99. The van der Waals surface area contributed by atoms with Gasteiger partial charge in [0.1, 0.15) is 0 Å². The van der Waals surface area contributed by atoms with E-state index in [-0.39, 0.29) is 5.41 Å². The number of pyridine rings is 1. The topological polar surface area (TPSA) is 9.34 Å². The molecule has 0 saturated heterocycles. The van der Waals surface area contributed by atoms with E-state index < -0.39 is 0 Å². The van der Waals surface area contributed by atoms with Crippen LogP contribution in [-0.2, 0) is 11.8 Å². The quantitative estimate of drug-likeness (QED) is 0.175. The highest BCUT2D eigenvalue weighted by molar-refractivity contribution is 6.13. The smallest absolute Gasteiger partial charge is 0.0580 e. The van der Waals surface area contributed by atoms with Crippen LogP contribution in [-0.4, -0.2) is 8.97 Å². The Labute approximate surface area is 298 Å². The van der Waals surface area contributed by atoms with Gasteiger partial charge < -0.3 is 8.97 Å². The molecule has 244 valence electrons. The molecule has 0 radical (unpaired) electrons. The summed E-state index contributed by atoms with van der Waals surface area (Å²) < 4.78 is 4.92. The van der Waals surface area contributed by atoms with E-state index in [1.807, 2.05) is 18.2 Å². The molecule has 4 heterocycles. The maximum atomic E-state index is 2.53. The van der Waals surface area contributed by atoms with Gasteiger partial charge in [-0.15, -0.1) is 0 Å². The lowest BCUT2D eigenvalue weighted by Crippen LogP contribution is -2.26. The zero-order valence-corrected chi connectivity index (χ0v) is 29.2. The summed E-state index contributed by atoms with van der Waals surface area (Å²) in [6, 6.07) is 59.7. The third-order valence-electron chi connectivity index (χ3n) is 11.3. The van der Waals surface area contributed by atoms with Gasteiger partial charge in [0, 0.05) is 39.1 Å². The highest BCUT2D eigenvalue weighted by Gasteiger charge is 2.38. The Morgan fingerprint density at radius 1 is 0.490 bits per heavy atom. The maximum absolute atomic E-state index is 2.53. The highest BCUT2D eigenvalue weighted by Crippen LogP contribution is 2.50. The largest absolute Gasteiger partial charge is 0.309 e. The molecule has 0 amide bonds. The van der Waals surface area contributed by atoms with Crippen LogP contribution in [0.3, 0.4) is 0 Å². The van der Waals surface area contributed by atoms with E-state index in [1.54, 1.807) is 0 Å². The number of para-hydroxylation sites is 2. The van der Waals surface area contributed by atoms with Crippen molar-refractivity contribution in [1.82, 2.24) is 8.97 Å². The predicted octanol–water partition coefficient (Wildman–Crippen LogP) is 12.7. The Kier molecular flexibility index (Phi) is 6.54. The molecule has 11 rings (SSSR count). The molecule has 0 N–H and O–H groups in total. The Hall–Kier alpha value is -6.12. The molecule has 0 unspecified atom stereocenters. The average molecular weight is 655 g/mol. The molecule has 10 aromatic rings. The summed E-state index contributed by atoms with van der Waals surface area (Å²) in [5.41, 5.74) is 17.3. The number of nitrogens with zero attached hydrogens (tertiary/aromatic N) is 2. The SMILES string of the molecule is CC1(C)c2cc(-c3ccc4c(c3)c3ccccc3n4-c3ccccc3)ccc2Cc2c1c1cccc3c4ccccc4c2n13.Cc1ccccc1. The first-order valence-corrected chi connectivity index (χ1v) is 18.0. The second-order valence-electron chi connectivity index (χ2n) is 14.6. The van der Waals surface area contributed by atoms with Crippen molar-refractivity contribution in [2.75, 3.05) is 0 Å². The van der Waals surface area contributed by atoms with Crippen LogP contribution in [0.1, 0.15) is 41.7 Å². The van der Waals surface area contributed by atoms with Crippen molar-refractivity contribution in [2.24, 2.45) is 0 Å². The number of fused-ring (bicyclic) bond motifs is 10. The van der Waals surface area contributed by atoms with Crippen LogP contribution in [0.5, 0.6) is 0 Å². The number of rotatable bonds is 2. The Balaban J connectivity index is 0.000000422. The fraction of sp³-hybridized carbons (Fsp3) is 0.102. The summed E-state index contributed by atoms with van der Waals surface area (Å²) in [5, 5.41) is 5.29. The lowest BCUT2D eigenvalue weighted by Gasteiger charge is -2.34. The average Bonchev–Trinajstić information content (AvgIpc) is 3.81. The fourth-order valence-corrected chi connectivity index (χ4v) is 8.99. The highest BCUT2D eigenvalue weighted by atomic mass is 15.0.